The third kappa shape index (κ3) is 7.38. The third-order valence-corrected chi connectivity index (χ3v) is 4.04. The summed E-state index contributed by atoms with van der Waals surface area (Å²) in [6, 6.07) is 12.2. The Morgan fingerprint density at radius 2 is 1.78 bits per heavy atom. The van der Waals surface area contributed by atoms with Gasteiger partial charge < -0.3 is 20.2 Å². The fraction of sp³-hybridized carbons (Fsp3) is 0.353. The van der Waals surface area contributed by atoms with Gasteiger partial charge in [-0.25, -0.2) is 4.79 Å². The molecule has 2 unspecified atom stereocenters. The molecule has 2 rings (SSSR count). The van der Waals surface area contributed by atoms with Crippen LogP contribution in [-0.2, 0) is 4.79 Å². The molecule has 0 amide bonds. The molecule has 5 nitrogen and oxygen atoms in total. The second kappa shape index (κ2) is 10.1. The van der Waals surface area contributed by atoms with Gasteiger partial charge in [-0.15, -0.1) is 11.3 Å². The normalized spacial score (nSPS) is 13.1. The van der Waals surface area contributed by atoms with Crippen LogP contribution in [0.4, 0.5) is 0 Å². The van der Waals surface area contributed by atoms with E-state index < -0.39 is 12.1 Å². The van der Waals surface area contributed by atoms with Crippen LogP contribution in [0.3, 0.4) is 0 Å². The molecule has 0 fully saturated rings. The number of carboxylic acids is 1. The molecule has 0 radical (unpaired) electrons. The second-order valence-electron chi connectivity index (χ2n) is 5.27. The number of hydrogen-bond acceptors (Lipinski definition) is 5. The summed E-state index contributed by atoms with van der Waals surface area (Å²) >= 11 is 1.61. The zero-order valence-electron chi connectivity index (χ0n) is 13.3. The lowest BCUT2D eigenvalue weighted by Gasteiger charge is -2.12. The van der Waals surface area contributed by atoms with Gasteiger partial charge in [0.25, 0.3) is 0 Å². The van der Waals surface area contributed by atoms with Crippen molar-refractivity contribution >= 4 is 17.3 Å². The highest BCUT2D eigenvalue weighted by Crippen LogP contribution is 2.21. The Kier molecular flexibility index (Phi) is 8.50. The first-order valence-corrected chi connectivity index (χ1v) is 8.11. The van der Waals surface area contributed by atoms with Crippen molar-refractivity contribution in [3.63, 3.8) is 0 Å². The predicted octanol–water partition coefficient (Wildman–Crippen LogP) is 2.54. The van der Waals surface area contributed by atoms with Gasteiger partial charge >= 0.3 is 5.97 Å². The minimum absolute atomic E-state index is 0.285. The van der Waals surface area contributed by atoms with E-state index in [-0.39, 0.29) is 6.10 Å². The number of aliphatic hydroxyl groups is 2. The van der Waals surface area contributed by atoms with E-state index in [1.54, 1.807) is 41.7 Å². The number of hydrogen-bond donors (Lipinski definition) is 3. The van der Waals surface area contributed by atoms with Crippen LogP contribution < -0.4 is 0 Å². The molecule has 6 heteroatoms. The van der Waals surface area contributed by atoms with Crippen LogP contribution in [0.15, 0.2) is 47.8 Å². The maximum atomic E-state index is 10.2. The fourth-order valence-corrected chi connectivity index (χ4v) is 2.53. The Balaban J connectivity index is 0.000000231. The number of rotatable bonds is 6. The van der Waals surface area contributed by atoms with E-state index in [1.807, 2.05) is 31.6 Å². The van der Waals surface area contributed by atoms with E-state index in [1.165, 1.54) is 0 Å². The molecule has 1 aromatic heterocycles. The number of nitrogens with zero attached hydrogens (tertiary/aromatic N) is 1. The maximum Gasteiger partial charge on any atom is 0.337 e. The molecule has 23 heavy (non-hydrogen) atoms. The van der Waals surface area contributed by atoms with Gasteiger partial charge in [0.05, 0.1) is 6.10 Å². The van der Waals surface area contributed by atoms with Gasteiger partial charge in [0.15, 0.2) is 6.10 Å². The lowest BCUT2D eigenvalue weighted by Crippen LogP contribution is -2.15. The fourth-order valence-electron chi connectivity index (χ4n) is 1.78. The minimum Gasteiger partial charge on any atom is -0.479 e. The van der Waals surface area contributed by atoms with Crippen molar-refractivity contribution in [3.8, 4) is 0 Å². The molecule has 1 aromatic carbocycles. The van der Waals surface area contributed by atoms with E-state index in [9.17, 15) is 9.90 Å². The van der Waals surface area contributed by atoms with Gasteiger partial charge in [0.2, 0.25) is 0 Å². The van der Waals surface area contributed by atoms with Crippen molar-refractivity contribution in [2.75, 3.05) is 20.6 Å². The van der Waals surface area contributed by atoms with Crippen LogP contribution >= 0.6 is 11.3 Å². The molecule has 0 aliphatic carbocycles. The summed E-state index contributed by atoms with van der Waals surface area (Å²) in [5.74, 6) is -1.23. The van der Waals surface area contributed by atoms with E-state index in [4.69, 9.17) is 10.2 Å². The molecule has 2 aromatic rings. The molecule has 126 valence electrons. The Hall–Kier alpha value is -1.73. The molecule has 0 bridgehead atoms. The average Bonchev–Trinajstić information content (AvgIpc) is 3.07. The van der Waals surface area contributed by atoms with Crippen LogP contribution in [-0.4, -0.2) is 46.8 Å². The number of carbonyl (C=O) groups is 1. The summed E-state index contributed by atoms with van der Waals surface area (Å²) in [7, 11) is 4.03. The van der Waals surface area contributed by atoms with Crippen LogP contribution in [0, 0.1) is 0 Å². The molecule has 0 saturated carbocycles. The van der Waals surface area contributed by atoms with Gasteiger partial charge in [0, 0.05) is 11.4 Å². The van der Waals surface area contributed by atoms with Crippen LogP contribution in [0.2, 0.25) is 0 Å². The van der Waals surface area contributed by atoms with E-state index >= 15 is 0 Å². The van der Waals surface area contributed by atoms with E-state index in [0.29, 0.717) is 5.56 Å². The summed E-state index contributed by atoms with van der Waals surface area (Å²) in [5.41, 5.74) is 0.403. The topological polar surface area (TPSA) is 81.0 Å². The van der Waals surface area contributed by atoms with Gasteiger partial charge in [-0.2, -0.15) is 0 Å². The summed E-state index contributed by atoms with van der Waals surface area (Å²) in [4.78, 5) is 13.4. The highest BCUT2D eigenvalue weighted by molar-refractivity contribution is 7.10. The maximum absolute atomic E-state index is 10.2. The SMILES string of the molecule is CN(C)CCC(O)c1cccs1.O=C(O)C(O)c1ccccc1. The van der Waals surface area contributed by atoms with Crippen molar-refractivity contribution in [1.29, 1.82) is 0 Å². The first-order valence-electron chi connectivity index (χ1n) is 7.23. The van der Waals surface area contributed by atoms with Gasteiger partial charge in [-0.1, -0.05) is 36.4 Å². The number of aliphatic carboxylic acids is 1. The molecule has 0 saturated heterocycles. The summed E-state index contributed by atoms with van der Waals surface area (Å²) in [6.07, 6.45) is -0.878. The van der Waals surface area contributed by atoms with Gasteiger partial charge in [0.1, 0.15) is 0 Å². The van der Waals surface area contributed by atoms with E-state index in [0.717, 1.165) is 17.8 Å². The first-order chi connectivity index (χ1) is 10.9. The molecular formula is C17H23NO4S. The van der Waals surface area contributed by atoms with E-state index in [2.05, 4.69) is 4.90 Å². The van der Waals surface area contributed by atoms with Crippen molar-refractivity contribution in [3.05, 3.63) is 58.3 Å². The van der Waals surface area contributed by atoms with Crippen LogP contribution in [0.25, 0.3) is 0 Å². The quantitative estimate of drug-likeness (QED) is 0.755. The molecule has 0 aliphatic rings. The lowest BCUT2D eigenvalue weighted by atomic mass is 10.1. The average molecular weight is 337 g/mol. The smallest absolute Gasteiger partial charge is 0.337 e. The Labute approximate surface area is 140 Å². The molecular weight excluding hydrogens is 314 g/mol. The molecule has 2 atom stereocenters. The first kappa shape index (κ1) is 19.3. The standard InChI is InChI=1S/C9H15NOS.C8H8O3/c1-10(2)6-5-8(11)9-4-3-7-12-9;9-7(8(10)11)6-4-2-1-3-5-6/h3-4,7-8,11H,5-6H2,1-2H3;1-5,7,9H,(H,10,11). The number of aliphatic hydroxyl groups excluding tert-OH is 2. The van der Waals surface area contributed by atoms with Gasteiger partial charge in [-0.05, 0) is 37.5 Å². The number of thiophene rings is 1. The molecule has 0 aliphatic heterocycles. The predicted molar refractivity (Wildman–Crippen MR) is 91.5 cm³/mol. The summed E-state index contributed by atoms with van der Waals surface area (Å²) < 4.78 is 0. The van der Waals surface area contributed by atoms with Gasteiger partial charge in [-0.3, -0.25) is 0 Å². The van der Waals surface area contributed by atoms with Crippen molar-refractivity contribution < 1.29 is 20.1 Å². The largest absolute Gasteiger partial charge is 0.479 e. The molecule has 1 heterocycles. The monoisotopic (exact) mass is 337 g/mol. The zero-order valence-corrected chi connectivity index (χ0v) is 14.1. The Morgan fingerprint density at radius 1 is 1.13 bits per heavy atom. The zero-order chi connectivity index (χ0) is 17.2. The number of carboxylic acid groups (broad SMARTS) is 1. The van der Waals surface area contributed by atoms with Crippen LogP contribution in [0.1, 0.15) is 29.1 Å². The Morgan fingerprint density at radius 3 is 2.26 bits per heavy atom. The minimum atomic E-state index is -1.41. The van der Waals surface area contributed by atoms with Crippen molar-refractivity contribution in [1.82, 2.24) is 4.90 Å². The molecule has 3 N–H and O–H groups in total. The van der Waals surface area contributed by atoms with Crippen molar-refractivity contribution in [2.45, 2.75) is 18.6 Å². The molecule has 0 spiro atoms. The summed E-state index contributed by atoms with van der Waals surface area (Å²) in [5, 5.41) is 29.0. The highest BCUT2D eigenvalue weighted by Gasteiger charge is 2.14. The summed E-state index contributed by atoms with van der Waals surface area (Å²) in [6.45, 7) is 0.930. The van der Waals surface area contributed by atoms with Crippen molar-refractivity contribution in [2.24, 2.45) is 0 Å². The van der Waals surface area contributed by atoms with Crippen LogP contribution in [0.5, 0.6) is 0 Å². The third-order valence-electron chi connectivity index (χ3n) is 3.07. The Bertz CT molecular complexity index is 557. The number of benzene rings is 1. The lowest BCUT2D eigenvalue weighted by molar-refractivity contribution is -0.146. The highest BCUT2D eigenvalue weighted by atomic mass is 32.1. The second-order valence-corrected chi connectivity index (χ2v) is 6.25.